The van der Waals surface area contributed by atoms with Crippen LogP contribution in [0.15, 0.2) is 84.9 Å². The summed E-state index contributed by atoms with van der Waals surface area (Å²) in [6.07, 6.45) is 1.58. The zero-order chi connectivity index (χ0) is 20.6. The van der Waals surface area contributed by atoms with Gasteiger partial charge in [0.25, 0.3) is 0 Å². The molecule has 3 heteroatoms. The molecule has 154 valence electrons. The second-order valence-corrected chi connectivity index (χ2v) is 8.70. The van der Waals surface area contributed by atoms with E-state index >= 15 is 0 Å². The minimum absolute atomic E-state index is 0.1000. The van der Waals surface area contributed by atoms with Crippen LogP contribution >= 0.6 is 0 Å². The Morgan fingerprint density at radius 2 is 1.33 bits per heavy atom. The maximum absolute atomic E-state index is 12.1. The van der Waals surface area contributed by atoms with Crippen LogP contribution in [0.5, 0.6) is 5.75 Å². The van der Waals surface area contributed by atoms with Crippen molar-refractivity contribution in [3.63, 3.8) is 0 Å². The summed E-state index contributed by atoms with van der Waals surface area (Å²) in [5, 5.41) is 15.8. The molecule has 1 aliphatic heterocycles. The van der Waals surface area contributed by atoms with Crippen molar-refractivity contribution in [2.45, 2.75) is 23.9 Å². The molecule has 0 amide bonds. The first kappa shape index (κ1) is 19.3. The Hall–Kier alpha value is -2.62. The fourth-order valence-corrected chi connectivity index (χ4v) is 6.15. The zero-order valence-electron chi connectivity index (χ0n) is 17.4. The predicted octanol–water partition coefficient (Wildman–Crippen LogP) is 4.50. The molecule has 3 nitrogen and oxygen atoms in total. The van der Waals surface area contributed by atoms with E-state index in [-0.39, 0.29) is 17.3 Å². The normalized spacial score (nSPS) is 27.4. The molecule has 1 aliphatic carbocycles. The summed E-state index contributed by atoms with van der Waals surface area (Å²) in [6.45, 7) is 1.70. The number of rotatable bonds is 4. The van der Waals surface area contributed by atoms with E-state index in [0.29, 0.717) is 6.42 Å². The van der Waals surface area contributed by atoms with Gasteiger partial charge < -0.3 is 15.2 Å². The van der Waals surface area contributed by atoms with Gasteiger partial charge in [0, 0.05) is 23.4 Å². The molecular weight excluding hydrogens is 370 g/mol. The van der Waals surface area contributed by atoms with Gasteiger partial charge in [0.15, 0.2) is 0 Å². The van der Waals surface area contributed by atoms with Gasteiger partial charge in [-0.15, -0.1) is 0 Å². The number of ether oxygens (including phenoxy) is 1. The fourth-order valence-electron chi connectivity index (χ4n) is 6.15. The summed E-state index contributed by atoms with van der Waals surface area (Å²) in [7, 11) is 1.69. The van der Waals surface area contributed by atoms with Gasteiger partial charge in [-0.25, -0.2) is 0 Å². The molecule has 2 fully saturated rings. The molecule has 2 unspecified atom stereocenters. The topological polar surface area (TPSA) is 41.5 Å². The molecule has 0 bridgehead atoms. The molecule has 1 saturated carbocycles. The first-order valence-corrected chi connectivity index (χ1v) is 10.9. The van der Waals surface area contributed by atoms with Crippen molar-refractivity contribution in [1.29, 1.82) is 0 Å². The first-order chi connectivity index (χ1) is 14.7. The van der Waals surface area contributed by atoms with E-state index in [1.54, 1.807) is 7.11 Å². The minimum atomic E-state index is -0.909. The Bertz CT molecular complexity index is 964. The highest BCUT2D eigenvalue weighted by Crippen LogP contribution is 2.58. The van der Waals surface area contributed by atoms with Gasteiger partial charge in [0.2, 0.25) is 0 Å². The average Bonchev–Trinajstić information content (AvgIpc) is 3.33. The highest BCUT2D eigenvalue weighted by molar-refractivity contribution is 5.46. The fraction of sp³-hybridized carbons (Fsp3) is 0.333. The lowest BCUT2D eigenvalue weighted by Gasteiger charge is -2.53. The third-order valence-corrected chi connectivity index (χ3v) is 7.51. The first-order valence-electron chi connectivity index (χ1n) is 10.9. The summed E-state index contributed by atoms with van der Waals surface area (Å²) >= 11 is 0. The molecular formula is C27H29NO2. The van der Waals surface area contributed by atoms with Gasteiger partial charge in [-0.05, 0) is 42.5 Å². The monoisotopic (exact) mass is 399 g/mol. The van der Waals surface area contributed by atoms with Crippen molar-refractivity contribution in [3.8, 4) is 5.75 Å². The lowest BCUT2D eigenvalue weighted by atomic mass is 9.52. The molecule has 1 heterocycles. The van der Waals surface area contributed by atoms with Gasteiger partial charge >= 0.3 is 0 Å². The average molecular weight is 400 g/mol. The third kappa shape index (κ3) is 2.80. The van der Waals surface area contributed by atoms with Crippen molar-refractivity contribution in [3.05, 3.63) is 102 Å². The molecule has 3 aromatic carbocycles. The smallest absolute Gasteiger partial charge is 0.124 e. The molecule has 2 aliphatic rings. The molecule has 3 aromatic rings. The van der Waals surface area contributed by atoms with E-state index in [9.17, 15) is 5.11 Å². The van der Waals surface area contributed by atoms with E-state index in [1.165, 1.54) is 11.1 Å². The summed E-state index contributed by atoms with van der Waals surface area (Å²) in [5.74, 6) is 1.16. The van der Waals surface area contributed by atoms with Crippen LogP contribution in [0.3, 0.4) is 0 Å². The van der Waals surface area contributed by atoms with Crippen LogP contribution in [-0.4, -0.2) is 25.3 Å². The van der Waals surface area contributed by atoms with Gasteiger partial charge in [-0.1, -0.05) is 78.9 Å². The van der Waals surface area contributed by atoms with Crippen molar-refractivity contribution < 1.29 is 9.84 Å². The maximum Gasteiger partial charge on any atom is 0.124 e. The Kier molecular flexibility index (Phi) is 4.88. The maximum atomic E-state index is 12.1. The SMILES string of the molecule is COc1ccccc1C1(O)CCC(c2ccccc2)(c2ccccc2)[C@H]2CNCC21. The highest BCUT2D eigenvalue weighted by Gasteiger charge is 2.59. The van der Waals surface area contributed by atoms with E-state index in [0.717, 1.165) is 30.8 Å². The number of benzene rings is 3. The van der Waals surface area contributed by atoms with E-state index < -0.39 is 5.60 Å². The van der Waals surface area contributed by atoms with Crippen LogP contribution in [0.1, 0.15) is 29.5 Å². The van der Waals surface area contributed by atoms with E-state index in [2.05, 4.69) is 66.0 Å². The molecule has 2 N–H and O–H groups in total. The molecule has 0 spiro atoms. The van der Waals surface area contributed by atoms with Crippen molar-refractivity contribution in [1.82, 2.24) is 5.32 Å². The van der Waals surface area contributed by atoms with E-state index in [1.807, 2.05) is 24.3 Å². The summed E-state index contributed by atoms with van der Waals surface area (Å²) < 4.78 is 5.65. The van der Waals surface area contributed by atoms with Crippen molar-refractivity contribution >= 4 is 0 Å². The van der Waals surface area contributed by atoms with Crippen LogP contribution in [-0.2, 0) is 11.0 Å². The summed E-state index contributed by atoms with van der Waals surface area (Å²) in [4.78, 5) is 0. The number of hydrogen-bond donors (Lipinski definition) is 2. The van der Waals surface area contributed by atoms with E-state index in [4.69, 9.17) is 4.74 Å². The van der Waals surface area contributed by atoms with Crippen LogP contribution in [0.25, 0.3) is 0 Å². The third-order valence-electron chi connectivity index (χ3n) is 7.51. The molecule has 3 atom stereocenters. The number of para-hydroxylation sites is 1. The van der Waals surface area contributed by atoms with Gasteiger partial charge in [-0.2, -0.15) is 0 Å². The highest BCUT2D eigenvalue weighted by atomic mass is 16.5. The summed E-state index contributed by atoms with van der Waals surface area (Å²) in [6, 6.07) is 29.7. The Labute approximate surface area is 178 Å². The molecule has 0 radical (unpaired) electrons. The number of hydrogen-bond acceptors (Lipinski definition) is 3. The second-order valence-electron chi connectivity index (χ2n) is 8.70. The Morgan fingerprint density at radius 1 is 0.767 bits per heavy atom. The Balaban J connectivity index is 1.67. The predicted molar refractivity (Wildman–Crippen MR) is 120 cm³/mol. The van der Waals surface area contributed by atoms with Gasteiger partial charge in [-0.3, -0.25) is 0 Å². The Morgan fingerprint density at radius 3 is 1.97 bits per heavy atom. The number of nitrogens with one attached hydrogen (secondary N) is 1. The van der Waals surface area contributed by atoms with Crippen LogP contribution < -0.4 is 10.1 Å². The van der Waals surface area contributed by atoms with Gasteiger partial charge in [0.1, 0.15) is 5.75 Å². The van der Waals surface area contributed by atoms with Crippen LogP contribution in [0, 0.1) is 11.8 Å². The zero-order valence-corrected chi connectivity index (χ0v) is 17.4. The number of fused-ring (bicyclic) bond motifs is 1. The lowest BCUT2D eigenvalue weighted by Crippen LogP contribution is -2.53. The lowest BCUT2D eigenvalue weighted by molar-refractivity contribution is -0.0845. The number of methoxy groups -OCH3 is 1. The summed E-state index contributed by atoms with van der Waals surface area (Å²) in [5.41, 5.74) is 2.58. The van der Waals surface area contributed by atoms with Crippen LogP contribution in [0.4, 0.5) is 0 Å². The van der Waals surface area contributed by atoms with Crippen molar-refractivity contribution in [2.75, 3.05) is 20.2 Å². The van der Waals surface area contributed by atoms with Gasteiger partial charge in [0.05, 0.1) is 12.7 Å². The second kappa shape index (κ2) is 7.57. The standard InChI is InChI=1S/C27H29NO2/c1-30-25-15-9-8-14-22(25)27(29)17-16-26(20-10-4-2-5-11-20,21-12-6-3-7-13-21)23-18-28-19-24(23)27/h2-15,23-24,28-29H,16-19H2,1H3/t23-,24?,27?/m0/s1. The minimum Gasteiger partial charge on any atom is -0.496 e. The molecule has 0 aromatic heterocycles. The number of aliphatic hydroxyl groups is 1. The molecule has 30 heavy (non-hydrogen) atoms. The molecule has 5 rings (SSSR count). The van der Waals surface area contributed by atoms with Crippen LogP contribution in [0.2, 0.25) is 0 Å². The van der Waals surface area contributed by atoms with Crippen molar-refractivity contribution in [2.24, 2.45) is 11.8 Å². The largest absolute Gasteiger partial charge is 0.496 e. The molecule has 1 saturated heterocycles. The quantitative estimate of drug-likeness (QED) is 0.679.